The number of rotatable bonds is 4. The molecule has 3 N–H and O–H groups in total. The molecule has 1 unspecified atom stereocenters. The average Bonchev–Trinajstić information content (AvgIpc) is 2.38. The lowest BCUT2D eigenvalue weighted by Gasteiger charge is -2.10. The van der Waals surface area contributed by atoms with Crippen molar-refractivity contribution in [3.8, 4) is 11.1 Å². The van der Waals surface area contributed by atoms with Gasteiger partial charge in [-0.15, -0.1) is 0 Å². The van der Waals surface area contributed by atoms with Crippen LogP contribution in [0.25, 0.3) is 11.1 Å². The molecule has 0 aliphatic carbocycles. The number of hydrogen-bond acceptors (Lipinski definition) is 2. The van der Waals surface area contributed by atoms with Crippen LogP contribution in [0, 0.1) is 11.6 Å². The highest BCUT2D eigenvalue weighted by Gasteiger charge is 2.11. The van der Waals surface area contributed by atoms with Crippen LogP contribution in [-0.4, -0.2) is 11.1 Å². The number of benzene rings is 2. The molecule has 0 aromatic heterocycles. The van der Waals surface area contributed by atoms with E-state index < -0.39 is 23.6 Å². The highest BCUT2D eigenvalue weighted by Crippen LogP contribution is 2.25. The lowest BCUT2D eigenvalue weighted by atomic mass is 9.99. The first kappa shape index (κ1) is 14.1. The van der Waals surface area contributed by atoms with Gasteiger partial charge in [0.25, 0.3) is 0 Å². The lowest BCUT2D eigenvalue weighted by Crippen LogP contribution is -2.14. The summed E-state index contributed by atoms with van der Waals surface area (Å²) in [5.74, 6) is -2.26. The zero-order valence-corrected chi connectivity index (χ0v) is 10.5. The van der Waals surface area contributed by atoms with Crippen LogP contribution in [-0.2, 0) is 4.79 Å². The van der Waals surface area contributed by atoms with Crippen molar-refractivity contribution in [2.45, 2.75) is 12.5 Å². The number of carboxylic acid groups (broad SMARTS) is 1. The first-order valence-corrected chi connectivity index (χ1v) is 6.00. The minimum atomic E-state index is -0.980. The molecule has 1 atom stereocenters. The molecule has 0 amide bonds. The van der Waals surface area contributed by atoms with Gasteiger partial charge in [0.05, 0.1) is 6.42 Å². The van der Waals surface area contributed by atoms with E-state index in [1.807, 2.05) is 0 Å². The van der Waals surface area contributed by atoms with Gasteiger partial charge >= 0.3 is 5.97 Å². The van der Waals surface area contributed by atoms with E-state index >= 15 is 0 Å². The van der Waals surface area contributed by atoms with Gasteiger partial charge in [0.2, 0.25) is 0 Å². The number of carboxylic acids is 1. The Morgan fingerprint density at radius 2 is 1.80 bits per heavy atom. The molecule has 0 heterocycles. The van der Waals surface area contributed by atoms with Crippen LogP contribution in [0.2, 0.25) is 0 Å². The Balaban J connectivity index is 2.25. The molecular formula is C15H13F2NO2. The summed E-state index contributed by atoms with van der Waals surface area (Å²) in [6, 6.07) is 9.30. The molecule has 5 heteroatoms. The topological polar surface area (TPSA) is 63.3 Å². The van der Waals surface area contributed by atoms with Gasteiger partial charge < -0.3 is 10.8 Å². The molecule has 0 saturated heterocycles. The van der Waals surface area contributed by atoms with Crippen LogP contribution in [0.5, 0.6) is 0 Å². The smallest absolute Gasteiger partial charge is 0.305 e. The summed E-state index contributed by atoms with van der Waals surface area (Å²) in [4.78, 5) is 10.6. The Morgan fingerprint density at radius 3 is 2.35 bits per heavy atom. The first-order chi connectivity index (χ1) is 9.47. The van der Waals surface area contributed by atoms with Gasteiger partial charge in [-0.05, 0) is 23.3 Å². The minimum Gasteiger partial charge on any atom is -0.481 e. The van der Waals surface area contributed by atoms with E-state index in [2.05, 4.69) is 0 Å². The first-order valence-electron chi connectivity index (χ1n) is 6.00. The number of carbonyl (C=O) groups is 1. The molecule has 0 bridgehead atoms. The highest BCUT2D eigenvalue weighted by molar-refractivity contribution is 5.68. The maximum Gasteiger partial charge on any atom is 0.305 e. The van der Waals surface area contributed by atoms with Crippen molar-refractivity contribution < 1.29 is 18.7 Å². The Hall–Kier alpha value is -2.27. The summed E-state index contributed by atoms with van der Waals surface area (Å²) in [5, 5.41) is 8.68. The van der Waals surface area contributed by atoms with E-state index in [1.165, 1.54) is 12.1 Å². The summed E-state index contributed by atoms with van der Waals surface area (Å²) in [6.07, 6.45) is -0.176. The summed E-state index contributed by atoms with van der Waals surface area (Å²) in [6.45, 7) is 0. The Morgan fingerprint density at radius 1 is 1.15 bits per heavy atom. The van der Waals surface area contributed by atoms with Crippen LogP contribution in [0.4, 0.5) is 8.78 Å². The molecule has 2 aromatic rings. The largest absolute Gasteiger partial charge is 0.481 e. The highest BCUT2D eigenvalue weighted by atomic mass is 19.1. The fraction of sp³-hybridized carbons (Fsp3) is 0.133. The maximum absolute atomic E-state index is 13.6. The average molecular weight is 277 g/mol. The standard InChI is InChI=1S/C15H13F2NO2/c16-11-5-6-12(13(17)7-11)9-1-3-10(4-2-9)14(18)8-15(19)20/h1-7,14H,8,18H2,(H,19,20). The molecule has 0 saturated carbocycles. The van der Waals surface area contributed by atoms with E-state index in [9.17, 15) is 13.6 Å². The van der Waals surface area contributed by atoms with Crippen molar-refractivity contribution >= 4 is 5.97 Å². The predicted molar refractivity (Wildman–Crippen MR) is 71.0 cm³/mol. The summed E-state index contributed by atoms with van der Waals surface area (Å²) >= 11 is 0. The molecule has 0 spiro atoms. The zero-order chi connectivity index (χ0) is 14.7. The third kappa shape index (κ3) is 3.19. The Kier molecular flexibility index (Phi) is 4.10. The summed E-state index contributed by atoms with van der Waals surface area (Å²) in [5.41, 5.74) is 7.24. The molecule has 0 aliphatic rings. The van der Waals surface area contributed by atoms with Crippen molar-refractivity contribution in [3.05, 3.63) is 59.7 Å². The fourth-order valence-electron chi connectivity index (χ4n) is 1.94. The predicted octanol–water partition coefficient (Wildman–Crippen LogP) is 3.11. The second-order valence-electron chi connectivity index (χ2n) is 4.45. The number of halogens is 2. The van der Waals surface area contributed by atoms with Crippen molar-refractivity contribution in [3.63, 3.8) is 0 Å². The summed E-state index contributed by atoms with van der Waals surface area (Å²) < 4.78 is 26.5. The number of hydrogen-bond donors (Lipinski definition) is 2. The monoisotopic (exact) mass is 277 g/mol. The molecule has 3 nitrogen and oxygen atoms in total. The third-order valence-electron chi connectivity index (χ3n) is 2.98. The normalized spacial score (nSPS) is 12.2. The molecule has 0 fully saturated rings. The van der Waals surface area contributed by atoms with Crippen molar-refractivity contribution in [2.75, 3.05) is 0 Å². The Labute approximate surface area is 114 Å². The maximum atomic E-state index is 13.6. The van der Waals surface area contributed by atoms with Gasteiger partial charge in [0.15, 0.2) is 0 Å². The van der Waals surface area contributed by atoms with Crippen molar-refractivity contribution in [1.29, 1.82) is 0 Å². The molecular weight excluding hydrogens is 264 g/mol. The van der Waals surface area contributed by atoms with Crippen molar-refractivity contribution in [1.82, 2.24) is 0 Å². The number of nitrogens with two attached hydrogens (primary N) is 1. The van der Waals surface area contributed by atoms with E-state index in [4.69, 9.17) is 10.8 Å². The fourth-order valence-corrected chi connectivity index (χ4v) is 1.94. The van der Waals surface area contributed by atoms with Crippen LogP contribution in [0.1, 0.15) is 18.0 Å². The lowest BCUT2D eigenvalue weighted by molar-refractivity contribution is -0.137. The quantitative estimate of drug-likeness (QED) is 0.902. The van der Waals surface area contributed by atoms with E-state index in [1.54, 1.807) is 24.3 Å². The van der Waals surface area contributed by atoms with Gasteiger partial charge in [-0.3, -0.25) is 4.79 Å². The number of aliphatic carboxylic acids is 1. The van der Waals surface area contributed by atoms with Gasteiger partial charge in [0, 0.05) is 17.7 Å². The zero-order valence-electron chi connectivity index (χ0n) is 10.5. The van der Waals surface area contributed by atoms with Gasteiger partial charge in [0.1, 0.15) is 11.6 Å². The Bertz CT molecular complexity index is 626. The molecule has 0 radical (unpaired) electrons. The van der Waals surface area contributed by atoms with Gasteiger partial charge in [-0.2, -0.15) is 0 Å². The van der Waals surface area contributed by atoms with E-state index in [-0.39, 0.29) is 12.0 Å². The molecule has 20 heavy (non-hydrogen) atoms. The van der Waals surface area contributed by atoms with Gasteiger partial charge in [-0.1, -0.05) is 24.3 Å². The van der Waals surface area contributed by atoms with Gasteiger partial charge in [-0.25, -0.2) is 8.78 Å². The van der Waals surface area contributed by atoms with E-state index in [0.29, 0.717) is 11.1 Å². The molecule has 0 aliphatic heterocycles. The second-order valence-corrected chi connectivity index (χ2v) is 4.45. The SMILES string of the molecule is NC(CC(=O)O)c1ccc(-c2ccc(F)cc2F)cc1. The third-order valence-corrected chi connectivity index (χ3v) is 2.98. The summed E-state index contributed by atoms with van der Waals surface area (Å²) in [7, 11) is 0. The molecule has 2 rings (SSSR count). The minimum absolute atomic E-state index is 0.176. The molecule has 104 valence electrons. The van der Waals surface area contributed by atoms with Crippen LogP contribution >= 0.6 is 0 Å². The van der Waals surface area contributed by atoms with Crippen LogP contribution in [0.3, 0.4) is 0 Å². The molecule has 2 aromatic carbocycles. The van der Waals surface area contributed by atoms with Crippen LogP contribution in [0.15, 0.2) is 42.5 Å². The van der Waals surface area contributed by atoms with E-state index in [0.717, 1.165) is 6.07 Å². The van der Waals surface area contributed by atoms with Crippen molar-refractivity contribution in [2.24, 2.45) is 5.73 Å². The van der Waals surface area contributed by atoms with Crippen LogP contribution < -0.4 is 5.73 Å². The second kappa shape index (κ2) is 5.79.